The average molecular weight is 285 g/mol. The minimum Gasteiger partial charge on any atom is -0.382 e. The molecule has 1 spiro atoms. The fraction of sp³-hybridized carbons (Fsp3) is 1.00. The molecule has 2 unspecified atom stereocenters. The van der Waals surface area contributed by atoms with Crippen molar-refractivity contribution in [2.75, 3.05) is 39.6 Å². The smallest absolute Gasteiger partial charge is 0.0729 e. The van der Waals surface area contributed by atoms with Gasteiger partial charge >= 0.3 is 0 Å². The molecule has 0 aromatic carbocycles. The maximum absolute atomic E-state index is 6.15. The van der Waals surface area contributed by atoms with Crippen LogP contribution in [-0.2, 0) is 14.2 Å². The largest absolute Gasteiger partial charge is 0.382 e. The van der Waals surface area contributed by atoms with Gasteiger partial charge in [0.05, 0.1) is 5.60 Å². The molecule has 2 aliphatic heterocycles. The molecule has 2 fully saturated rings. The van der Waals surface area contributed by atoms with Crippen LogP contribution in [0.4, 0.5) is 0 Å². The summed E-state index contributed by atoms with van der Waals surface area (Å²) >= 11 is 0. The highest BCUT2D eigenvalue weighted by Crippen LogP contribution is 2.38. The molecule has 1 N–H and O–H groups in total. The summed E-state index contributed by atoms with van der Waals surface area (Å²) < 4.78 is 17.2. The van der Waals surface area contributed by atoms with E-state index in [1.165, 1.54) is 12.8 Å². The first kappa shape index (κ1) is 16.2. The molecule has 2 saturated heterocycles. The molecule has 4 heteroatoms. The zero-order chi connectivity index (χ0) is 14.3. The van der Waals surface area contributed by atoms with Crippen LogP contribution in [0, 0.1) is 5.92 Å². The van der Waals surface area contributed by atoms with Crippen molar-refractivity contribution in [1.29, 1.82) is 0 Å². The lowest BCUT2D eigenvalue weighted by Gasteiger charge is -2.45. The van der Waals surface area contributed by atoms with E-state index < -0.39 is 0 Å². The fourth-order valence-corrected chi connectivity index (χ4v) is 3.62. The summed E-state index contributed by atoms with van der Waals surface area (Å²) in [6, 6.07) is 0.565. The normalized spacial score (nSPS) is 27.6. The van der Waals surface area contributed by atoms with Gasteiger partial charge in [0.25, 0.3) is 0 Å². The van der Waals surface area contributed by atoms with Crippen molar-refractivity contribution in [2.45, 2.75) is 57.6 Å². The van der Waals surface area contributed by atoms with Crippen molar-refractivity contribution in [3.63, 3.8) is 0 Å². The number of nitrogens with one attached hydrogen (secondary N) is 1. The van der Waals surface area contributed by atoms with Crippen LogP contribution in [0.25, 0.3) is 0 Å². The van der Waals surface area contributed by atoms with Gasteiger partial charge in [-0.2, -0.15) is 0 Å². The van der Waals surface area contributed by atoms with Crippen LogP contribution < -0.4 is 5.32 Å². The molecule has 0 amide bonds. The molecule has 2 heterocycles. The van der Waals surface area contributed by atoms with E-state index in [-0.39, 0.29) is 5.60 Å². The molecule has 2 atom stereocenters. The Hall–Kier alpha value is -0.160. The topological polar surface area (TPSA) is 39.7 Å². The lowest BCUT2D eigenvalue weighted by Crippen LogP contribution is -2.49. The standard InChI is InChI=1S/C16H31NO3/c1-3-17-15(6-9-18-4-2)14-5-10-20-16(13-14)7-11-19-12-8-16/h14-15,17H,3-13H2,1-2H3. The van der Waals surface area contributed by atoms with Crippen LogP contribution >= 0.6 is 0 Å². The highest BCUT2D eigenvalue weighted by Gasteiger charge is 2.40. The van der Waals surface area contributed by atoms with E-state index in [0.29, 0.717) is 12.0 Å². The zero-order valence-corrected chi connectivity index (χ0v) is 13.2. The van der Waals surface area contributed by atoms with Gasteiger partial charge in [-0.15, -0.1) is 0 Å². The van der Waals surface area contributed by atoms with E-state index in [1.807, 2.05) is 0 Å². The van der Waals surface area contributed by atoms with Crippen LogP contribution in [0.5, 0.6) is 0 Å². The Labute approximate surface area is 123 Å². The van der Waals surface area contributed by atoms with Gasteiger partial charge < -0.3 is 19.5 Å². The molecule has 2 aliphatic rings. The Balaban J connectivity index is 1.89. The van der Waals surface area contributed by atoms with E-state index in [1.54, 1.807) is 0 Å². The summed E-state index contributed by atoms with van der Waals surface area (Å²) in [5.41, 5.74) is 0.0977. The second-order valence-electron chi connectivity index (χ2n) is 6.05. The molecule has 2 rings (SSSR count). The molecular weight excluding hydrogens is 254 g/mol. The monoisotopic (exact) mass is 285 g/mol. The molecule has 20 heavy (non-hydrogen) atoms. The van der Waals surface area contributed by atoms with E-state index in [0.717, 1.165) is 58.8 Å². The molecule has 0 aromatic heterocycles. The molecule has 0 bridgehead atoms. The van der Waals surface area contributed by atoms with Gasteiger partial charge in [0.1, 0.15) is 0 Å². The predicted octanol–water partition coefficient (Wildman–Crippen LogP) is 2.37. The van der Waals surface area contributed by atoms with Gasteiger partial charge in [0.15, 0.2) is 0 Å². The minimum absolute atomic E-state index is 0.0977. The van der Waals surface area contributed by atoms with E-state index in [2.05, 4.69) is 19.2 Å². The van der Waals surface area contributed by atoms with Crippen molar-refractivity contribution in [3.05, 3.63) is 0 Å². The Morgan fingerprint density at radius 2 is 2.05 bits per heavy atom. The summed E-state index contributed by atoms with van der Waals surface area (Å²) in [6.45, 7) is 9.58. The molecule has 0 aliphatic carbocycles. The molecule has 0 saturated carbocycles. The van der Waals surface area contributed by atoms with Gasteiger partial charge in [-0.05, 0) is 51.5 Å². The zero-order valence-electron chi connectivity index (χ0n) is 13.2. The molecule has 4 nitrogen and oxygen atoms in total. The van der Waals surface area contributed by atoms with Gasteiger partial charge in [0.2, 0.25) is 0 Å². The first-order chi connectivity index (χ1) is 9.79. The lowest BCUT2D eigenvalue weighted by atomic mass is 9.77. The Bertz CT molecular complexity index is 261. The summed E-state index contributed by atoms with van der Waals surface area (Å²) in [5.74, 6) is 0.710. The summed E-state index contributed by atoms with van der Waals surface area (Å²) in [7, 11) is 0. The molecular formula is C16H31NO3. The first-order valence-corrected chi connectivity index (χ1v) is 8.32. The van der Waals surface area contributed by atoms with E-state index in [4.69, 9.17) is 14.2 Å². The van der Waals surface area contributed by atoms with E-state index >= 15 is 0 Å². The van der Waals surface area contributed by atoms with Crippen LogP contribution in [0.3, 0.4) is 0 Å². The first-order valence-electron chi connectivity index (χ1n) is 8.32. The van der Waals surface area contributed by atoms with Crippen molar-refractivity contribution >= 4 is 0 Å². The van der Waals surface area contributed by atoms with Gasteiger partial charge in [-0.3, -0.25) is 0 Å². The molecule has 118 valence electrons. The third-order valence-electron chi connectivity index (χ3n) is 4.75. The number of rotatable bonds is 7. The van der Waals surface area contributed by atoms with Gasteiger partial charge in [0, 0.05) is 39.1 Å². The summed E-state index contributed by atoms with van der Waals surface area (Å²) in [5, 5.41) is 3.67. The fourth-order valence-electron chi connectivity index (χ4n) is 3.62. The van der Waals surface area contributed by atoms with Crippen molar-refractivity contribution in [3.8, 4) is 0 Å². The molecule has 0 aromatic rings. The van der Waals surface area contributed by atoms with Crippen molar-refractivity contribution < 1.29 is 14.2 Å². The lowest BCUT2D eigenvalue weighted by molar-refractivity contribution is -0.150. The van der Waals surface area contributed by atoms with E-state index in [9.17, 15) is 0 Å². The quantitative estimate of drug-likeness (QED) is 0.729. The second kappa shape index (κ2) is 8.32. The summed E-state index contributed by atoms with van der Waals surface area (Å²) in [6.07, 6.45) is 5.59. The summed E-state index contributed by atoms with van der Waals surface area (Å²) in [4.78, 5) is 0. The minimum atomic E-state index is 0.0977. The van der Waals surface area contributed by atoms with Crippen molar-refractivity contribution in [2.24, 2.45) is 5.92 Å². The third-order valence-corrected chi connectivity index (χ3v) is 4.75. The SMILES string of the molecule is CCNC(CCOCC)C1CCOC2(CCOCC2)C1. The highest BCUT2D eigenvalue weighted by atomic mass is 16.5. The van der Waals surface area contributed by atoms with Crippen LogP contribution in [0.15, 0.2) is 0 Å². The predicted molar refractivity (Wildman–Crippen MR) is 80.0 cm³/mol. The van der Waals surface area contributed by atoms with Crippen molar-refractivity contribution in [1.82, 2.24) is 5.32 Å². The second-order valence-corrected chi connectivity index (χ2v) is 6.05. The molecule has 0 radical (unpaired) electrons. The maximum Gasteiger partial charge on any atom is 0.0729 e. The highest BCUT2D eigenvalue weighted by molar-refractivity contribution is 4.92. The number of hydrogen-bond acceptors (Lipinski definition) is 4. The Morgan fingerprint density at radius 1 is 1.25 bits per heavy atom. The number of ether oxygens (including phenoxy) is 3. The van der Waals surface area contributed by atoms with Crippen LogP contribution in [-0.4, -0.2) is 51.2 Å². The Kier molecular flexibility index (Phi) is 6.75. The van der Waals surface area contributed by atoms with Crippen LogP contribution in [0.2, 0.25) is 0 Å². The average Bonchev–Trinajstić information content (AvgIpc) is 2.47. The maximum atomic E-state index is 6.15. The number of hydrogen-bond donors (Lipinski definition) is 1. The van der Waals surface area contributed by atoms with Gasteiger partial charge in [-0.25, -0.2) is 0 Å². The van der Waals surface area contributed by atoms with Crippen LogP contribution in [0.1, 0.15) is 46.0 Å². The Morgan fingerprint density at radius 3 is 2.75 bits per heavy atom. The van der Waals surface area contributed by atoms with Gasteiger partial charge in [-0.1, -0.05) is 6.92 Å². The third kappa shape index (κ3) is 4.42.